The van der Waals surface area contributed by atoms with Crippen molar-refractivity contribution in [3.63, 3.8) is 0 Å². The molecule has 1 aromatic rings. The van der Waals surface area contributed by atoms with E-state index in [1.807, 2.05) is 0 Å². The van der Waals surface area contributed by atoms with Crippen LogP contribution in [0.4, 0.5) is 4.39 Å². The van der Waals surface area contributed by atoms with Crippen molar-refractivity contribution in [3.05, 3.63) is 35.1 Å². The van der Waals surface area contributed by atoms with Gasteiger partial charge in [0, 0.05) is 43.9 Å². The quantitative estimate of drug-likeness (QED) is 0.850. The molecule has 3 nitrogen and oxygen atoms in total. The molecule has 0 bridgehead atoms. The Balaban J connectivity index is 2.03. The van der Waals surface area contributed by atoms with Crippen LogP contribution in [0.15, 0.2) is 18.2 Å². The second-order valence-electron chi connectivity index (χ2n) is 4.88. The molecule has 2 rings (SSSR count). The van der Waals surface area contributed by atoms with Crippen LogP contribution in [0.3, 0.4) is 0 Å². The first-order valence-electron chi connectivity index (χ1n) is 6.63. The minimum absolute atomic E-state index is 0.182. The molecule has 5 heteroatoms. The predicted molar refractivity (Wildman–Crippen MR) is 79.7 cm³/mol. The number of hydrogen-bond donors (Lipinski definition) is 1. The molecule has 0 amide bonds. The number of nitrogens with two attached hydrogens (primary N) is 1. The molecule has 104 valence electrons. The van der Waals surface area contributed by atoms with E-state index in [1.54, 1.807) is 12.1 Å². The number of hydrogen-bond acceptors (Lipinski definition) is 3. The van der Waals surface area contributed by atoms with Crippen LogP contribution in [-0.2, 0) is 6.54 Å². The second kappa shape index (κ2) is 6.41. The normalized spacial score (nSPS) is 17.6. The van der Waals surface area contributed by atoms with E-state index in [0.29, 0.717) is 17.1 Å². The van der Waals surface area contributed by atoms with Crippen molar-refractivity contribution >= 4 is 17.2 Å². The van der Waals surface area contributed by atoms with Gasteiger partial charge in [-0.3, -0.25) is 4.90 Å². The lowest BCUT2D eigenvalue weighted by Gasteiger charge is -2.34. The predicted octanol–water partition coefficient (Wildman–Crippen LogP) is 1.60. The van der Waals surface area contributed by atoms with E-state index in [0.717, 1.165) is 38.3 Å². The summed E-state index contributed by atoms with van der Waals surface area (Å²) < 4.78 is 13.8. The highest BCUT2D eigenvalue weighted by atomic mass is 32.1. The van der Waals surface area contributed by atoms with Crippen LogP contribution < -0.4 is 5.73 Å². The lowest BCUT2D eigenvalue weighted by atomic mass is 10.1. The van der Waals surface area contributed by atoms with Crippen LogP contribution in [-0.4, -0.2) is 47.5 Å². The van der Waals surface area contributed by atoms with Crippen LogP contribution in [0.5, 0.6) is 0 Å². The van der Waals surface area contributed by atoms with Gasteiger partial charge >= 0.3 is 0 Å². The Kier molecular flexibility index (Phi) is 4.85. The molecule has 0 aliphatic carbocycles. The Morgan fingerprint density at radius 3 is 2.47 bits per heavy atom. The highest BCUT2D eigenvalue weighted by molar-refractivity contribution is 7.80. The standard InChI is InChI=1S/C14H20FN3S/c1-2-17-5-7-18(8-6-17)10-12-9-11(14(16)19)3-4-13(12)15/h3-4,9H,2,5-8,10H2,1H3,(H2,16,19). The van der Waals surface area contributed by atoms with E-state index in [-0.39, 0.29) is 5.82 Å². The average molecular weight is 281 g/mol. The lowest BCUT2D eigenvalue weighted by Crippen LogP contribution is -2.45. The zero-order chi connectivity index (χ0) is 13.8. The van der Waals surface area contributed by atoms with E-state index in [2.05, 4.69) is 16.7 Å². The zero-order valence-electron chi connectivity index (χ0n) is 11.2. The van der Waals surface area contributed by atoms with Gasteiger partial charge in [0.15, 0.2) is 0 Å². The summed E-state index contributed by atoms with van der Waals surface area (Å²) in [6, 6.07) is 4.85. The van der Waals surface area contributed by atoms with Gasteiger partial charge in [-0.1, -0.05) is 19.1 Å². The molecule has 1 aliphatic heterocycles. The van der Waals surface area contributed by atoms with Crippen molar-refractivity contribution < 1.29 is 4.39 Å². The first kappa shape index (κ1) is 14.4. The SMILES string of the molecule is CCN1CCN(Cc2cc(C(N)=S)ccc2F)CC1. The molecular formula is C14H20FN3S. The largest absolute Gasteiger partial charge is 0.389 e. The van der Waals surface area contributed by atoms with Crippen LogP contribution in [0, 0.1) is 5.82 Å². The third kappa shape index (κ3) is 3.72. The van der Waals surface area contributed by atoms with Gasteiger partial charge in [-0.05, 0) is 24.7 Å². The summed E-state index contributed by atoms with van der Waals surface area (Å²) in [5.74, 6) is -0.182. The molecule has 1 fully saturated rings. The third-order valence-electron chi connectivity index (χ3n) is 3.64. The molecule has 0 saturated carbocycles. The Morgan fingerprint density at radius 1 is 1.26 bits per heavy atom. The highest BCUT2D eigenvalue weighted by Crippen LogP contribution is 2.14. The first-order valence-corrected chi connectivity index (χ1v) is 7.04. The van der Waals surface area contributed by atoms with Gasteiger partial charge < -0.3 is 10.6 Å². The van der Waals surface area contributed by atoms with E-state index in [9.17, 15) is 4.39 Å². The number of rotatable bonds is 4. The Labute approximate surface area is 119 Å². The molecule has 1 aromatic carbocycles. The van der Waals surface area contributed by atoms with E-state index in [4.69, 9.17) is 18.0 Å². The summed E-state index contributed by atoms with van der Waals surface area (Å²) in [5.41, 5.74) is 7.00. The Morgan fingerprint density at radius 2 is 1.89 bits per heavy atom. The van der Waals surface area contributed by atoms with Gasteiger partial charge in [0.05, 0.1) is 0 Å². The highest BCUT2D eigenvalue weighted by Gasteiger charge is 2.17. The fraction of sp³-hybridized carbons (Fsp3) is 0.500. The fourth-order valence-electron chi connectivity index (χ4n) is 2.35. The molecule has 1 saturated heterocycles. The number of nitrogens with zero attached hydrogens (tertiary/aromatic N) is 2. The van der Waals surface area contributed by atoms with Crippen molar-refractivity contribution in [3.8, 4) is 0 Å². The van der Waals surface area contributed by atoms with Crippen molar-refractivity contribution in [2.45, 2.75) is 13.5 Å². The van der Waals surface area contributed by atoms with Gasteiger partial charge in [0.1, 0.15) is 10.8 Å². The molecule has 0 spiro atoms. The van der Waals surface area contributed by atoms with Crippen LogP contribution in [0.25, 0.3) is 0 Å². The summed E-state index contributed by atoms with van der Waals surface area (Å²) in [7, 11) is 0. The molecular weight excluding hydrogens is 261 g/mol. The molecule has 0 aromatic heterocycles. The molecule has 2 N–H and O–H groups in total. The Hall–Kier alpha value is -1.04. The molecule has 0 radical (unpaired) electrons. The number of thiocarbonyl (C=S) groups is 1. The molecule has 1 aliphatic rings. The number of likely N-dealkylation sites (N-methyl/N-ethyl adjacent to an activating group) is 1. The van der Waals surface area contributed by atoms with Crippen molar-refractivity contribution in [1.29, 1.82) is 0 Å². The topological polar surface area (TPSA) is 32.5 Å². The van der Waals surface area contributed by atoms with E-state index >= 15 is 0 Å². The maximum atomic E-state index is 13.8. The first-order chi connectivity index (χ1) is 9.10. The number of piperazine rings is 1. The monoisotopic (exact) mass is 281 g/mol. The molecule has 0 unspecified atom stereocenters. The van der Waals surface area contributed by atoms with Gasteiger partial charge in [-0.25, -0.2) is 4.39 Å². The second-order valence-corrected chi connectivity index (χ2v) is 5.32. The minimum atomic E-state index is -0.182. The summed E-state index contributed by atoms with van der Waals surface area (Å²) >= 11 is 4.94. The van der Waals surface area contributed by atoms with Crippen molar-refractivity contribution in [2.75, 3.05) is 32.7 Å². The summed E-state index contributed by atoms with van der Waals surface area (Å²) in [6.07, 6.45) is 0. The summed E-state index contributed by atoms with van der Waals surface area (Å²) in [4.78, 5) is 4.99. The van der Waals surface area contributed by atoms with Gasteiger partial charge in [0.25, 0.3) is 0 Å². The third-order valence-corrected chi connectivity index (χ3v) is 3.87. The van der Waals surface area contributed by atoms with Crippen LogP contribution in [0.1, 0.15) is 18.1 Å². The molecule has 0 atom stereocenters. The van der Waals surface area contributed by atoms with E-state index < -0.39 is 0 Å². The van der Waals surface area contributed by atoms with E-state index in [1.165, 1.54) is 6.07 Å². The number of halogens is 1. The van der Waals surface area contributed by atoms with Crippen molar-refractivity contribution in [1.82, 2.24) is 9.80 Å². The molecule has 19 heavy (non-hydrogen) atoms. The lowest BCUT2D eigenvalue weighted by molar-refractivity contribution is 0.131. The minimum Gasteiger partial charge on any atom is -0.389 e. The zero-order valence-corrected chi connectivity index (χ0v) is 12.0. The summed E-state index contributed by atoms with van der Waals surface area (Å²) in [6.45, 7) is 7.93. The van der Waals surface area contributed by atoms with Crippen LogP contribution in [0.2, 0.25) is 0 Å². The maximum absolute atomic E-state index is 13.8. The maximum Gasteiger partial charge on any atom is 0.127 e. The Bertz CT molecular complexity index is 456. The smallest absolute Gasteiger partial charge is 0.127 e. The van der Waals surface area contributed by atoms with Crippen LogP contribution >= 0.6 is 12.2 Å². The van der Waals surface area contributed by atoms with Gasteiger partial charge in [-0.2, -0.15) is 0 Å². The fourth-order valence-corrected chi connectivity index (χ4v) is 2.48. The molecule has 1 heterocycles. The van der Waals surface area contributed by atoms with Gasteiger partial charge in [-0.15, -0.1) is 0 Å². The number of benzene rings is 1. The average Bonchev–Trinajstić information content (AvgIpc) is 2.42. The van der Waals surface area contributed by atoms with Gasteiger partial charge in [0.2, 0.25) is 0 Å². The summed E-state index contributed by atoms with van der Waals surface area (Å²) in [5, 5.41) is 0. The van der Waals surface area contributed by atoms with Crippen molar-refractivity contribution in [2.24, 2.45) is 5.73 Å².